The zero-order chi connectivity index (χ0) is 22.1. The predicted molar refractivity (Wildman–Crippen MR) is 127 cm³/mol. The van der Waals surface area contributed by atoms with Gasteiger partial charge in [-0.05, 0) is 66.1 Å². The van der Waals surface area contributed by atoms with Crippen LogP contribution in [0, 0.1) is 0 Å². The van der Waals surface area contributed by atoms with Crippen LogP contribution >= 0.6 is 22.9 Å². The molecule has 5 rings (SSSR count). The Morgan fingerprint density at radius 1 is 1.12 bits per heavy atom. The molecule has 1 N–H and O–H groups in total. The van der Waals surface area contributed by atoms with Crippen LogP contribution in [0.25, 0.3) is 21.6 Å². The number of carbonyl (C=O) groups excluding carboxylic acids is 1. The summed E-state index contributed by atoms with van der Waals surface area (Å²) in [6.07, 6.45) is 3.83. The first kappa shape index (κ1) is 21.6. The largest absolute Gasteiger partial charge is 0.393 e. The minimum absolute atomic E-state index is 0.0302. The molecule has 4 heterocycles. The number of carbonyl (C=O) groups is 1. The zero-order valence-corrected chi connectivity index (χ0v) is 19.2. The third-order valence-electron chi connectivity index (χ3n) is 6.30. The molecule has 0 saturated carbocycles. The van der Waals surface area contributed by atoms with Gasteiger partial charge in [0.15, 0.2) is 0 Å². The average molecular weight is 469 g/mol. The Hall–Kier alpha value is -2.25. The Balaban J connectivity index is 1.35. The van der Waals surface area contributed by atoms with Crippen LogP contribution in [0.15, 0.2) is 48.0 Å². The van der Waals surface area contributed by atoms with Crippen molar-refractivity contribution in [3.8, 4) is 21.6 Å². The van der Waals surface area contributed by atoms with Gasteiger partial charge in [0.05, 0.1) is 17.7 Å². The summed E-state index contributed by atoms with van der Waals surface area (Å²) < 4.78 is 5.51. The van der Waals surface area contributed by atoms with E-state index in [1.807, 2.05) is 24.4 Å². The van der Waals surface area contributed by atoms with Gasteiger partial charge >= 0.3 is 0 Å². The Morgan fingerprint density at radius 2 is 1.97 bits per heavy atom. The molecule has 166 valence electrons. The van der Waals surface area contributed by atoms with Gasteiger partial charge in [-0.25, -0.2) is 0 Å². The van der Waals surface area contributed by atoms with Crippen molar-refractivity contribution in [1.29, 1.82) is 0 Å². The second-order valence-electron chi connectivity index (χ2n) is 8.45. The van der Waals surface area contributed by atoms with Crippen LogP contribution in [0.5, 0.6) is 0 Å². The van der Waals surface area contributed by atoms with E-state index in [-0.39, 0.29) is 12.0 Å². The van der Waals surface area contributed by atoms with Gasteiger partial charge < -0.3 is 14.7 Å². The van der Waals surface area contributed by atoms with Gasteiger partial charge in [0.1, 0.15) is 0 Å². The fourth-order valence-corrected chi connectivity index (χ4v) is 5.64. The van der Waals surface area contributed by atoms with Gasteiger partial charge in [0, 0.05) is 53.5 Å². The van der Waals surface area contributed by atoms with E-state index in [0.29, 0.717) is 42.4 Å². The second-order valence-corrected chi connectivity index (χ2v) is 9.77. The third kappa shape index (κ3) is 4.46. The van der Waals surface area contributed by atoms with Crippen molar-refractivity contribution in [2.45, 2.75) is 31.3 Å². The van der Waals surface area contributed by atoms with E-state index in [9.17, 15) is 9.90 Å². The highest BCUT2D eigenvalue weighted by Gasteiger charge is 2.23. The third-order valence-corrected chi connectivity index (χ3v) is 7.57. The molecule has 3 aromatic rings. The van der Waals surface area contributed by atoms with Crippen LogP contribution in [-0.4, -0.2) is 53.3 Å². The lowest BCUT2D eigenvalue weighted by molar-refractivity contribution is 0.0546. The van der Waals surface area contributed by atoms with Gasteiger partial charge in [-0.1, -0.05) is 17.7 Å². The fourth-order valence-electron chi connectivity index (χ4n) is 4.35. The van der Waals surface area contributed by atoms with Crippen LogP contribution in [-0.2, 0) is 4.74 Å². The smallest absolute Gasteiger partial charge is 0.253 e. The molecular weight excluding hydrogens is 444 g/mol. The molecule has 2 fully saturated rings. The summed E-state index contributed by atoms with van der Waals surface area (Å²) in [5.74, 6) is 0.341. The van der Waals surface area contributed by atoms with Gasteiger partial charge in [-0.3, -0.25) is 9.78 Å². The maximum Gasteiger partial charge on any atom is 0.253 e. The number of halogens is 1. The number of rotatable bonds is 4. The van der Waals surface area contributed by atoms with Crippen LogP contribution in [0.3, 0.4) is 0 Å². The Kier molecular flexibility index (Phi) is 6.28. The molecule has 2 saturated heterocycles. The molecule has 1 aromatic carbocycles. The predicted octanol–water partition coefficient (Wildman–Crippen LogP) is 5.23. The van der Waals surface area contributed by atoms with Crippen molar-refractivity contribution < 1.29 is 14.6 Å². The number of aliphatic hydroxyl groups is 1. The average Bonchev–Trinajstić information content (AvgIpc) is 3.52. The van der Waals surface area contributed by atoms with Gasteiger partial charge in [-0.15, -0.1) is 11.3 Å². The summed E-state index contributed by atoms with van der Waals surface area (Å²) in [7, 11) is 0. The lowest BCUT2D eigenvalue weighted by Gasteiger charge is -2.29. The number of nitrogens with zero attached hydrogens (tertiary/aromatic N) is 2. The molecule has 0 bridgehead atoms. The highest BCUT2D eigenvalue weighted by molar-refractivity contribution is 7.14. The lowest BCUT2D eigenvalue weighted by Crippen LogP contribution is -2.40. The van der Waals surface area contributed by atoms with E-state index >= 15 is 0 Å². The van der Waals surface area contributed by atoms with Gasteiger partial charge in [0.25, 0.3) is 5.91 Å². The van der Waals surface area contributed by atoms with Crippen molar-refractivity contribution in [3.63, 3.8) is 0 Å². The van der Waals surface area contributed by atoms with Crippen molar-refractivity contribution in [3.05, 3.63) is 64.3 Å². The van der Waals surface area contributed by atoms with Gasteiger partial charge in [0.2, 0.25) is 0 Å². The van der Waals surface area contributed by atoms with E-state index < -0.39 is 0 Å². The maximum absolute atomic E-state index is 12.8. The summed E-state index contributed by atoms with van der Waals surface area (Å²) in [5.41, 5.74) is 4.87. The molecule has 1 atom stereocenters. The molecule has 2 aliphatic rings. The molecule has 5 nitrogen and oxygen atoms in total. The van der Waals surface area contributed by atoms with E-state index in [1.54, 1.807) is 22.3 Å². The van der Waals surface area contributed by atoms with E-state index in [0.717, 1.165) is 46.9 Å². The number of ether oxygens (including phenoxy) is 1. The number of likely N-dealkylation sites (tertiary alicyclic amines) is 1. The molecular formula is C25H25ClN2O3S. The maximum atomic E-state index is 12.8. The minimum atomic E-state index is -0.305. The summed E-state index contributed by atoms with van der Waals surface area (Å²) >= 11 is 8.25. The van der Waals surface area contributed by atoms with Crippen molar-refractivity contribution in [1.82, 2.24) is 9.88 Å². The first-order valence-electron chi connectivity index (χ1n) is 11.0. The van der Waals surface area contributed by atoms with Crippen LogP contribution in [0.4, 0.5) is 0 Å². The van der Waals surface area contributed by atoms with E-state index in [4.69, 9.17) is 16.3 Å². The Labute approximate surface area is 196 Å². The Morgan fingerprint density at radius 3 is 2.72 bits per heavy atom. The van der Waals surface area contributed by atoms with Crippen molar-refractivity contribution >= 4 is 28.8 Å². The highest BCUT2D eigenvalue weighted by Crippen LogP contribution is 2.37. The normalized spacial score (nSPS) is 19.4. The molecule has 32 heavy (non-hydrogen) atoms. The standard InChI is InChI=1S/C25H25ClN2O3S/c26-22-11-17(25(30)28-8-4-20(29)5-9-28)1-2-21(22)24-13-19(15-32-24)16-3-7-27-23(12-16)18-6-10-31-14-18/h1-3,7,11-13,15,18,20,29H,4-6,8-10,14H2. The number of hydrogen-bond donors (Lipinski definition) is 1. The molecule has 0 radical (unpaired) electrons. The number of amides is 1. The number of benzene rings is 1. The van der Waals surface area contributed by atoms with Gasteiger partial charge in [-0.2, -0.15) is 0 Å². The number of aromatic nitrogens is 1. The molecule has 2 aliphatic heterocycles. The quantitative estimate of drug-likeness (QED) is 0.569. The zero-order valence-electron chi connectivity index (χ0n) is 17.7. The summed E-state index contributed by atoms with van der Waals surface area (Å²) in [6, 6.07) is 11.9. The van der Waals surface area contributed by atoms with E-state index in [1.165, 1.54) is 0 Å². The molecule has 0 aliphatic carbocycles. The Bertz CT molecular complexity index is 1120. The SMILES string of the molecule is O=C(c1ccc(-c2cc(-c3ccnc(C4CCOC4)c3)cs2)c(Cl)c1)N1CCC(O)CC1. The highest BCUT2D eigenvalue weighted by atomic mass is 35.5. The fraction of sp³-hybridized carbons (Fsp3) is 0.360. The number of piperidine rings is 1. The molecule has 1 amide bonds. The van der Waals surface area contributed by atoms with E-state index in [2.05, 4.69) is 22.5 Å². The molecule has 1 unspecified atom stereocenters. The minimum Gasteiger partial charge on any atom is -0.393 e. The van der Waals surface area contributed by atoms with Crippen LogP contribution in [0.1, 0.15) is 41.2 Å². The van der Waals surface area contributed by atoms with Crippen molar-refractivity contribution in [2.75, 3.05) is 26.3 Å². The second kappa shape index (κ2) is 9.32. The van der Waals surface area contributed by atoms with Crippen molar-refractivity contribution in [2.24, 2.45) is 0 Å². The van der Waals surface area contributed by atoms with Crippen LogP contribution in [0.2, 0.25) is 5.02 Å². The number of hydrogen-bond acceptors (Lipinski definition) is 5. The molecule has 0 spiro atoms. The molecule has 2 aromatic heterocycles. The summed E-state index contributed by atoms with van der Waals surface area (Å²) in [5, 5.41) is 12.4. The monoisotopic (exact) mass is 468 g/mol. The lowest BCUT2D eigenvalue weighted by atomic mass is 10.0. The first-order chi connectivity index (χ1) is 15.6. The summed E-state index contributed by atoms with van der Waals surface area (Å²) in [6.45, 7) is 2.70. The topological polar surface area (TPSA) is 62.7 Å². The molecule has 7 heteroatoms. The number of pyridine rings is 1. The number of thiophene rings is 1. The first-order valence-corrected chi connectivity index (χ1v) is 12.2. The summed E-state index contributed by atoms with van der Waals surface area (Å²) in [4.78, 5) is 20.2. The number of aliphatic hydroxyl groups excluding tert-OH is 1. The van der Waals surface area contributed by atoms with Crippen LogP contribution < -0.4 is 0 Å².